The number of rotatable bonds is 49. The number of amides is 1. The molecular weight excluding hydrogens is 771 g/mol. The molecule has 0 fully saturated rings. The number of hydrogen-bond donors (Lipinski definition) is 1. The number of carbonyl (C=O) groups is 3. The molecule has 0 aliphatic rings. The van der Waals surface area contributed by atoms with Gasteiger partial charge in [0, 0.05) is 6.42 Å². The van der Waals surface area contributed by atoms with E-state index in [0.717, 1.165) is 37.2 Å². The van der Waals surface area contributed by atoms with Crippen molar-refractivity contribution in [2.24, 2.45) is 0 Å². The molecule has 0 saturated heterocycles. The zero-order valence-corrected chi connectivity index (χ0v) is 41.2. The highest BCUT2D eigenvalue weighted by Gasteiger charge is 2.18. The maximum Gasteiger partial charge on any atom is 0.316 e. The molecule has 0 aliphatic heterocycles. The van der Waals surface area contributed by atoms with Crippen molar-refractivity contribution < 1.29 is 23.9 Å². The van der Waals surface area contributed by atoms with Crippen LogP contribution in [0.25, 0.3) is 0 Å². The highest BCUT2D eigenvalue weighted by molar-refractivity contribution is 8.00. The fourth-order valence-corrected chi connectivity index (χ4v) is 9.19. The minimum atomic E-state index is -0.671. The molecule has 0 aromatic carbocycles. The van der Waals surface area contributed by atoms with E-state index in [-0.39, 0.29) is 36.8 Å². The van der Waals surface area contributed by atoms with Crippen LogP contribution in [-0.2, 0) is 23.9 Å². The first-order valence-electron chi connectivity index (χ1n) is 25.8. The van der Waals surface area contributed by atoms with Gasteiger partial charge in [-0.3, -0.25) is 14.4 Å². The van der Waals surface area contributed by atoms with Crippen molar-refractivity contribution >= 4 is 41.4 Å². The van der Waals surface area contributed by atoms with Gasteiger partial charge in [0.1, 0.15) is 6.61 Å². The fraction of sp³-hybridized carbons (Fsp3) is 0.941. The largest absolute Gasteiger partial charge is 0.461 e. The number of thioether (sulfide) groups is 2. The lowest BCUT2D eigenvalue weighted by Gasteiger charge is -2.19. The first kappa shape index (κ1) is 58.1. The van der Waals surface area contributed by atoms with Gasteiger partial charge in [-0.25, -0.2) is 0 Å². The maximum atomic E-state index is 12.8. The Labute approximate surface area is 375 Å². The lowest BCUT2D eigenvalue weighted by molar-refractivity contribution is -0.155. The molecule has 0 aliphatic carbocycles. The Kier molecular flexibility index (Phi) is 49.0. The van der Waals surface area contributed by atoms with Gasteiger partial charge in [-0.1, -0.05) is 239 Å². The van der Waals surface area contributed by atoms with Crippen LogP contribution in [0.1, 0.15) is 265 Å². The molecule has 0 saturated carbocycles. The second kappa shape index (κ2) is 49.8. The molecule has 6 nitrogen and oxygen atoms in total. The maximum absolute atomic E-state index is 12.8. The second-order valence-corrected chi connectivity index (χ2v) is 19.7. The molecule has 0 bridgehead atoms. The summed E-state index contributed by atoms with van der Waals surface area (Å²) in [5, 5.41) is 2.95. The summed E-state index contributed by atoms with van der Waals surface area (Å²) >= 11 is 3.23. The molecule has 8 heteroatoms. The van der Waals surface area contributed by atoms with E-state index < -0.39 is 6.10 Å². The van der Waals surface area contributed by atoms with Crippen LogP contribution in [0.2, 0.25) is 0 Å². The standard InChI is InChI=1S/C51H99NO5S2/c1-4-7-10-13-16-19-22-25-26-29-32-35-38-41-49(53)52-44-48(57-51(55)47-59-43-40-37-34-31-28-24-21-18-15-12-9-6-3)45-56-50(54)46-58-42-39-36-33-30-27-23-20-17-14-11-8-5-2/h48H,4-47H2,1-3H3,(H,52,53). The van der Waals surface area contributed by atoms with E-state index in [0.29, 0.717) is 12.2 Å². The van der Waals surface area contributed by atoms with Crippen LogP contribution >= 0.6 is 23.5 Å². The Morgan fingerprint density at radius 3 is 1.07 bits per heavy atom. The average molecular weight is 870 g/mol. The van der Waals surface area contributed by atoms with Gasteiger partial charge in [0.2, 0.25) is 5.91 Å². The number of hydrogen-bond acceptors (Lipinski definition) is 7. The van der Waals surface area contributed by atoms with Crippen LogP contribution in [0.5, 0.6) is 0 Å². The number of ether oxygens (including phenoxy) is 2. The van der Waals surface area contributed by atoms with Crippen LogP contribution in [0, 0.1) is 0 Å². The van der Waals surface area contributed by atoms with E-state index >= 15 is 0 Å². The van der Waals surface area contributed by atoms with Crippen LogP contribution in [-0.4, -0.2) is 60.1 Å². The van der Waals surface area contributed by atoms with Gasteiger partial charge in [-0.2, -0.15) is 23.5 Å². The Morgan fingerprint density at radius 1 is 0.407 bits per heavy atom. The summed E-state index contributed by atoms with van der Waals surface area (Å²) < 4.78 is 11.3. The third kappa shape index (κ3) is 48.0. The molecule has 350 valence electrons. The second-order valence-electron chi connectivity index (χ2n) is 17.5. The molecule has 0 radical (unpaired) electrons. The molecular formula is C51H99NO5S2. The highest BCUT2D eigenvalue weighted by Crippen LogP contribution is 2.17. The third-order valence-electron chi connectivity index (χ3n) is 11.5. The Bertz CT molecular complexity index is 890. The number of carbonyl (C=O) groups excluding carboxylic acids is 3. The van der Waals surface area contributed by atoms with Gasteiger partial charge in [0.25, 0.3) is 0 Å². The summed E-state index contributed by atoms with van der Waals surface area (Å²) in [5.74, 6) is 1.87. The number of unbranched alkanes of at least 4 members (excludes halogenated alkanes) is 34. The molecule has 59 heavy (non-hydrogen) atoms. The Hall–Kier alpha value is -0.890. The van der Waals surface area contributed by atoms with Crippen molar-refractivity contribution in [2.45, 2.75) is 271 Å². The number of esters is 2. The third-order valence-corrected chi connectivity index (χ3v) is 13.5. The van der Waals surface area contributed by atoms with Crippen molar-refractivity contribution in [3.63, 3.8) is 0 Å². The zero-order valence-electron chi connectivity index (χ0n) is 39.5. The summed E-state index contributed by atoms with van der Waals surface area (Å²) in [6.07, 6.45) is 48.1. The smallest absolute Gasteiger partial charge is 0.316 e. The molecule has 0 aromatic rings. The van der Waals surface area contributed by atoms with Crippen LogP contribution in [0.3, 0.4) is 0 Å². The average Bonchev–Trinajstić information content (AvgIpc) is 3.23. The molecule has 0 spiro atoms. The van der Waals surface area contributed by atoms with Crippen molar-refractivity contribution in [1.29, 1.82) is 0 Å². The molecule has 1 amide bonds. The summed E-state index contributed by atoms with van der Waals surface area (Å²) in [7, 11) is 0. The van der Waals surface area contributed by atoms with Crippen molar-refractivity contribution in [3.05, 3.63) is 0 Å². The van der Waals surface area contributed by atoms with Crippen LogP contribution in [0.15, 0.2) is 0 Å². The fourth-order valence-electron chi connectivity index (χ4n) is 7.60. The number of nitrogens with one attached hydrogen (secondary N) is 1. The lowest BCUT2D eigenvalue weighted by atomic mass is 10.0. The van der Waals surface area contributed by atoms with Crippen molar-refractivity contribution in [3.8, 4) is 0 Å². The molecule has 1 unspecified atom stereocenters. The minimum absolute atomic E-state index is 0.0217. The van der Waals surface area contributed by atoms with Gasteiger partial charge in [-0.05, 0) is 30.8 Å². The summed E-state index contributed by atoms with van der Waals surface area (Å²) in [5.41, 5.74) is 0. The topological polar surface area (TPSA) is 81.7 Å². The summed E-state index contributed by atoms with van der Waals surface area (Å²) in [4.78, 5) is 38.1. The van der Waals surface area contributed by atoms with Gasteiger partial charge >= 0.3 is 11.9 Å². The van der Waals surface area contributed by atoms with E-state index in [9.17, 15) is 14.4 Å². The molecule has 0 aromatic heterocycles. The summed E-state index contributed by atoms with van der Waals surface area (Å²) in [6.45, 7) is 6.96. The van der Waals surface area contributed by atoms with E-state index in [1.54, 1.807) is 23.5 Å². The zero-order chi connectivity index (χ0) is 43.0. The normalized spacial score (nSPS) is 11.8. The predicted octanol–water partition coefficient (Wildman–Crippen LogP) is 15.9. The van der Waals surface area contributed by atoms with Gasteiger partial charge < -0.3 is 14.8 Å². The van der Waals surface area contributed by atoms with E-state index in [1.807, 2.05) is 0 Å². The first-order valence-corrected chi connectivity index (χ1v) is 28.1. The molecule has 1 atom stereocenters. The minimum Gasteiger partial charge on any atom is -0.461 e. The molecule has 1 N–H and O–H groups in total. The van der Waals surface area contributed by atoms with E-state index in [2.05, 4.69) is 26.1 Å². The van der Waals surface area contributed by atoms with E-state index in [4.69, 9.17) is 9.47 Å². The van der Waals surface area contributed by atoms with Gasteiger partial charge in [0.15, 0.2) is 6.10 Å². The Balaban J connectivity index is 4.31. The van der Waals surface area contributed by atoms with Gasteiger partial charge in [-0.15, -0.1) is 0 Å². The lowest BCUT2D eigenvalue weighted by Crippen LogP contribution is -2.38. The molecule has 0 rings (SSSR count). The van der Waals surface area contributed by atoms with Gasteiger partial charge in [0.05, 0.1) is 18.1 Å². The van der Waals surface area contributed by atoms with E-state index in [1.165, 1.54) is 212 Å². The highest BCUT2D eigenvalue weighted by atomic mass is 32.2. The van der Waals surface area contributed by atoms with Crippen molar-refractivity contribution in [2.75, 3.05) is 36.2 Å². The van der Waals surface area contributed by atoms with Crippen molar-refractivity contribution in [1.82, 2.24) is 5.32 Å². The first-order chi connectivity index (χ1) is 29.0. The van der Waals surface area contributed by atoms with Crippen LogP contribution < -0.4 is 5.32 Å². The quantitative estimate of drug-likeness (QED) is 0.0482. The Morgan fingerprint density at radius 2 is 0.712 bits per heavy atom. The SMILES string of the molecule is CCCCCCCCCCCCCCCC(=O)NCC(COC(=O)CSCCCCCCCCCCCCCC)OC(=O)CSCCCCCCCCCCCCCC. The monoisotopic (exact) mass is 870 g/mol. The summed E-state index contributed by atoms with van der Waals surface area (Å²) in [6, 6.07) is 0. The predicted molar refractivity (Wildman–Crippen MR) is 261 cm³/mol. The van der Waals surface area contributed by atoms with Crippen LogP contribution in [0.4, 0.5) is 0 Å². The molecule has 0 heterocycles.